The van der Waals surface area contributed by atoms with Gasteiger partial charge in [0.2, 0.25) is 0 Å². The summed E-state index contributed by atoms with van der Waals surface area (Å²) in [6, 6.07) is 13.5. The average molecular weight is 294 g/mol. The molecule has 1 aromatic heterocycles. The number of aromatic carboxylic acids is 1. The van der Waals surface area contributed by atoms with E-state index in [1.54, 1.807) is 42.5 Å². The number of hydrogen-bond acceptors (Lipinski definition) is 4. The molecule has 22 heavy (non-hydrogen) atoms. The first-order valence-corrected chi connectivity index (χ1v) is 6.74. The minimum Gasteiger partial charge on any atom is -0.508 e. The van der Waals surface area contributed by atoms with Crippen molar-refractivity contribution in [2.24, 2.45) is 0 Å². The van der Waals surface area contributed by atoms with E-state index in [1.165, 1.54) is 0 Å². The van der Waals surface area contributed by atoms with Crippen LogP contribution in [0.25, 0.3) is 10.9 Å². The monoisotopic (exact) mass is 294 g/mol. The lowest BCUT2D eigenvalue weighted by Crippen LogP contribution is -1.98. The third-order valence-electron chi connectivity index (χ3n) is 3.33. The summed E-state index contributed by atoms with van der Waals surface area (Å²) in [5.74, 6) is -0.773. The zero-order chi connectivity index (χ0) is 15.7. The van der Waals surface area contributed by atoms with E-state index in [9.17, 15) is 9.90 Å². The highest BCUT2D eigenvalue weighted by Gasteiger charge is 2.09. The van der Waals surface area contributed by atoms with Crippen molar-refractivity contribution in [2.45, 2.75) is 6.92 Å². The van der Waals surface area contributed by atoms with Crippen molar-refractivity contribution in [3.63, 3.8) is 0 Å². The molecule has 0 aliphatic heterocycles. The predicted molar refractivity (Wildman–Crippen MR) is 84.8 cm³/mol. The van der Waals surface area contributed by atoms with Crippen LogP contribution in [-0.2, 0) is 0 Å². The topological polar surface area (TPSA) is 82.5 Å². The number of hydrogen-bond donors (Lipinski definition) is 3. The molecule has 0 unspecified atom stereocenters. The number of fused-ring (bicyclic) bond motifs is 1. The first kappa shape index (κ1) is 13.9. The van der Waals surface area contributed by atoms with Crippen LogP contribution in [0, 0.1) is 6.92 Å². The Labute approximate surface area is 126 Å². The Bertz CT molecular complexity index is 858. The van der Waals surface area contributed by atoms with E-state index in [1.807, 2.05) is 13.0 Å². The molecule has 3 rings (SSSR count). The lowest BCUT2D eigenvalue weighted by molar-refractivity contribution is 0.0697. The number of nitrogens with zero attached hydrogens (tertiary/aromatic N) is 1. The summed E-state index contributed by atoms with van der Waals surface area (Å²) < 4.78 is 0. The molecule has 2 aromatic carbocycles. The molecule has 5 heteroatoms. The Morgan fingerprint density at radius 2 is 1.82 bits per heavy atom. The number of anilines is 2. The van der Waals surface area contributed by atoms with Crippen LogP contribution in [-0.4, -0.2) is 21.2 Å². The molecule has 0 saturated heterocycles. The number of carboxylic acids is 1. The van der Waals surface area contributed by atoms with E-state index >= 15 is 0 Å². The normalized spacial score (nSPS) is 10.6. The minimum atomic E-state index is -0.974. The summed E-state index contributed by atoms with van der Waals surface area (Å²) in [6.45, 7) is 1.86. The maximum absolute atomic E-state index is 11.1. The molecule has 0 aliphatic carbocycles. The highest BCUT2D eigenvalue weighted by molar-refractivity contribution is 5.98. The third kappa shape index (κ3) is 2.69. The molecule has 0 amide bonds. The SMILES string of the molecule is Cc1cc(Nc2ccc(O)cc2)c2ccc(C(=O)O)cc2n1. The third-order valence-corrected chi connectivity index (χ3v) is 3.33. The summed E-state index contributed by atoms with van der Waals surface area (Å²) in [6.07, 6.45) is 0. The number of rotatable bonds is 3. The van der Waals surface area contributed by atoms with Gasteiger partial charge in [-0.2, -0.15) is 0 Å². The second-order valence-electron chi connectivity index (χ2n) is 5.02. The van der Waals surface area contributed by atoms with Gasteiger partial charge in [0.25, 0.3) is 0 Å². The second kappa shape index (κ2) is 5.37. The highest BCUT2D eigenvalue weighted by Crippen LogP contribution is 2.28. The molecule has 0 atom stereocenters. The van der Waals surface area contributed by atoms with Crippen molar-refractivity contribution >= 4 is 28.2 Å². The van der Waals surface area contributed by atoms with E-state index < -0.39 is 5.97 Å². The van der Waals surface area contributed by atoms with Crippen molar-refractivity contribution in [1.29, 1.82) is 0 Å². The smallest absolute Gasteiger partial charge is 0.335 e. The summed E-state index contributed by atoms with van der Waals surface area (Å²) in [4.78, 5) is 15.5. The number of aromatic nitrogens is 1. The molecular weight excluding hydrogens is 280 g/mol. The maximum atomic E-state index is 11.1. The minimum absolute atomic E-state index is 0.201. The number of pyridine rings is 1. The van der Waals surface area contributed by atoms with Crippen molar-refractivity contribution in [3.8, 4) is 5.75 Å². The van der Waals surface area contributed by atoms with Crippen LogP contribution in [0.4, 0.5) is 11.4 Å². The fourth-order valence-corrected chi connectivity index (χ4v) is 2.30. The lowest BCUT2D eigenvalue weighted by Gasteiger charge is -2.11. The van der Waals surface area contributed by atoms with Crippen LogP contribution in [0.1, 0.15) is 16.1 Å². The van der Waals surface area contributed by atoms with Gasteiger partial charge < -0.3 is 15.5 Å². The van der Waals surface area contributed by atoms with Crippen LogP contribution in [0.5, 0.6) is 5.75 Å². The van der Waals surface area contributed by atoms with Crippen LogP contribution in [0.2, 0.25) is 0 Å². The molecule has 3 N–H and O–H groups in total. The first-order chi connectivity index (χ1) is 10.5. The number of nitrogens with one attached hydrogen (secondary N) is 1. The van der Waals surface area contributed by atoms with Gasteiger partial charge in [-0.3, -0.25) is 4.98 Å². The first-order valence-electron chi connectivity index (χ1n) is 6.74. The molecule has 0 saturated carbocycles. The number of carboxylic acid groups (broad SMARTS) is 1. The summed E-state index contributed by atoms with van der Waals surface area (Å²) in [7, 11) is 0. The molecular formula is C17H14N2O3. The summed E-state index contributed by atoms with van der Waals surface area (Å²) in [5, 5.41) is 22.5. The molecule has 0 aliphatic rings. The summed E-state index contributed by atoms with van der Waals surface area (Å²) >= 11 is 0. The zero-order valence-corrected chi connectivity index (χ0v) is 11.9. The Morgan fingerprint density at radius 3 is 2.50 bits per heavy atom. The predicted octanol–water partition coefficient (Wildman–Crippen LogP) is 3.69. The van der Waals surface area contributed by atoms with Crippen LogP contribution in [0.15, 0.2) is 48.5 Å². The van der Waals surface area contributed by atoms with Gasteiger partial charge in [0.05, 0.1) is 11.1 Å². The van der Waals surface area contributed by atoms with E-state index in [2.05, 4.69) is 10.3 Å². The fourth-order valence-electron chi connectivity index (χ4n) is 2.30. The Balaban J connectivity index is 2.08. The van der Waals surface area contributed by atoms with Crippen LogP contribution in [0.3, 0.4) is 0 Å². The quantitative estimate of drug-likeness (QED) is 0.642. The maximum Gasteiger partial charge on any atom is 0.335 e. The van der Waals surface area contributed by atoms with Crippen molar-refractivity contribution in [2.75, 3.05) is 5.32 Å². The van der Waals surface area contributed by atoms with Gasteiger partial charge in [-0.25, -0.2) is 4.79 Å². The average Bonchev–Trinajstić information content (AvgIpc) is 2.48. The molecule has 0 radical (unpaired) electrons. The molecule has 110 valence electrons. The van der Waals surface area contributed by atoms with Gasteiger partial charge in [0.1, 0.15) is 5.75 Å². The molecule has 1 heterocycles. The second-order valence-corrected chi connectivity index (χ2v) is 5.02. The lowest BCUT2D eigenvalue weighted by atomic mass is 10.1. The van der Waals surface area contributed by atoms with Gasteiger partial charge in [-0.15, -0.1) is 0 Å². The number of aryl methyl sites for hydroxylation is 1. The Hall–Kier alpha value is -3.08. The van der Waals surface area contributed by atoms with Gasteiger partial charge in [-0.1, -0.05) is 0 Å². The Kier molecular flexibility index (Phi) is 3.39. The van der Waals surface area contributed by atoms with Crippen molar-refractivity contribution in [1.82, 2.24) is 4.98 Å². The summed E-state index contributed by atoms with van der Waals surface area (Å²) in [5.41, 5.74) is 3.29. The molecule has 0 bridgehead atoms. The van der Waals surface area contributed by atoms with Crippen molar-refractivity contribution < 1.29 is 15.0 Å². The largest absolute Gasteiger partial charge is 0.508 e. The molecule has 0 spiro atoms. The van der Waals surface area contributed by atoms with Gasteiger partial charge in [-0.05, 0) is 55.5 Å². The van der Waals surface area contributed by atoms with E-state index in [-0.39, 0.29) is 11.3 Å². The van der Waals surface area contributed by atoms with E-state index in [0.717, 1.165) is 22.5 Å². The standard InChI is InChI=1S/C17H14N2O3/c1-10-8-15(19-12-3-5-13(20)6-4-12)14-7-2-11(17(21)22)9-16(14)18-10/h2-9,20H,1H3,(H,18,19)(H,21,22). The molecule has 3 aromatic rings. The molecule has 0 fully saturated rings. The van der Waals surface area contributed by atoms with E-state index in [4.69, 9.17) is 5.11 Å². The number of aromatic hydroxyl groups is 1. The Morgan fingerprint density at radius 1 is 1.09 bits per heavy atom. The van der Waals surface area contributed by atoms with Crippen LogP contribution < -0.4 is 5.32 Å². The number of carbonyl (C=O) groups is 1. The fraction of sp³-hybridized carbons (Fsp3) is 0.0588. The van der Waals surface area contributed by atoms with Gasteiger partial charge >= 0.3 is 5.97 Å². The van der Waals surface area contributed by atoms with Crippen LogP contribution >= 0.6 is 0 Å². The van der Waals surface area contributed by atoms with E-state index in [0.29, 0.717) is 5.52 Å². The van der Waals surface area contributed by atoms with Crippen molar-refractivity contribution in [3.05, 3.63) is 59.8 Å². The number of benzene rings is 2. The zero-order valence-electron chi connectivity index (χ0n) is 11.9. The molecule has 5 nitrogen and oxygen atoms in total. The highest BCUT2D eigenvalue weighted by atomic mass is 16.4. The van der Waals surface area contributed by atoms with Gasteiger partial charge in [0, 0.05) is 22.5 Å². The number of phenols is 1. The van der Waals surface area contributed by atoms with Gasteiger partial charge in [0.15, 0.2) is 0 Å². The number of phenolic OH excluding ortho intramolecular Hbond substituents is 1.